The van der Waals surface area contributed by atoms with Gasteiger partial charge in [-0.2, -0.15) is 0 Å². The van der Waals surface area contributed by atoms with E-state index in [1.165, 1.54) is 11.0 Å². The number of aliphatic hydroxyl groups excluding tert-OH is 1. The Morgan fingerprint density at radius 3 is 2.75 bits per heavy atom. The summed E-state index contributed by atoms with van der Waals surface area (Å²) in [5.41, 5.74) is -1.11. The molecule has 3 rings (SSSR count). The lowest BCUT2D eigenvalue weighted by Crippen LogP contribution is -2.57. The van der Waals surface area contributed by atoms with Crippen LogP contribution in [0.4, 0.5) is 0 Å². The Morgan fingerprint density at radius 1 is 1.38 bits per heavy atom. The molecular formula is C23H33BrN2O6. The molecule has 9 heteroatoms. The fourth-order valence-electron chi connectivity index (χ4n) is 5.37. The summed E-state index contributed by atoms with van der Waals surface area (Å²) in [5, 5.41) is 9.39. The van der Waals surface area contributed by atoms with Gasteiger partial charge in [0.25, 0.3) is 0 Å². The molecule has 3 aliphatic rings. The lowest BCUT2D eigenvalue weighted by atomic mass is 9.70. The number of hydrogen-bond donors (Lipinski definition) is 1. The van der Waals surface area contributed by atoms with Crippen molar-refractivity contribution in [1.82, 2.24) is 9.80 Å². The highest BCUT2D eigenvalue weighted by molar-refractivity contribution is 9.09. The number of amides is 2. The van der Waals surface area contributed by atoms with E-state index in [1.807, 2.05) is 0 Å². The molecule has 178 valence electrons. The van der Waals surface area contributed by atoms with Gasteiger partial charge in [0.15, 0.2) is 0 Å². The summed E-state index contributed by atoms with van der Waals surface area (Å²) >= 11 is 3.62. The van der Waals surface area contributed by atoms with Crippen LogP contribution < -0.4 is 0 Å². The Morgan fingerprint density at radius 2 is 2.12 bits per heavy atom. The number of halogens is 1. The van der Waals surface area contributed by atoms with Gasteiger partial charge in [0, 0.05) is 31.1 Å². The van der Waals surface area contributed by atoms with Crippen LogP contribution in [0.2, 0.25) is 0 Å². The molecule has 3 fully saturated rings. The van der Waals surface area contributed by atoms with Gasteiger partial charge in [0.2, 0.25) is 11.8 Å². The van der Waals surface area contributed by atoms with Gasteiger partial charge in [-0.1, -0.05) is 48.0 Å². The molecule has 3 unspecified atom stereocenters. The van der Waals surface area contributed by atoms with Crippen molar-refractivity contribution in [3.8, 4) is 0 Å². The van der Waals surface area contributed by atoms with Crippen LogP contribution in [0.3, 0.4) is 0 Å². The highest BCUT2D eigenvalue weighted by Gasteiger charge is 2.77. The number of carbonyl (C=O) groups is 3. The van der Waals surface area contributed by atoms with Crippen LogP contribution >= 0.6 is 15.9 Å². The van der Waals surface area contributed by atoms with Crippen LogP contribution in [0.1, 0.15) is 32.6 Å². The molecule has 0 aromatic rings. The average molecular weight is 513 g/mol. The van der Waals surface area contributed by atoms with Crippen molar-refractivity contribution in [3.05, 3.63) is 25.3 Å². The van der Waals surface area contributed by atoms with E-state index in [0.29, 0.717) is 25.9 Å². The summed E-state index contributed by atoms with van der Waals surface area (Å²) in [5.74, 6) is -2.58. The van der Waals surface area contributed by atoms with Crippen LogP contribution in [-0.2, 0) is 23.9 Å². The predicted molar refractivity (Wildman–Crippen MR) is 122 cm³/mol. The maximum Gasteiger partial charge on any atom is 0.312 e. The SMILES string of the molecule is C=CCOC(=O)[C@H]1[C@@H]2OC3(CC2Br)C(C(=O)N(CC=C)CCCC)N(CCCO)C(=O)[C@H]13. The summed E-state index contributed by atoms with van der Waals surface area (Å²) in [4.78, 5) is 43.4. The maximum atomic E-state index is 13.8. The summed E-state index contributed by atoms with van der Waals surface area (Å²) in [7, 11) is 0. The molecule has 1 N–H and O–H groups in total. The van der Waals surface area contributed by atoms with Gasteiger partial charge in [-0.3, -0.25) is 14.4 Å². The third-order valence-corrected chi connectivity index (χ3v) is 7.48. The molecule has 8 nitrogen and oxygen atoms in total. The number of likely N-dealkylation sites (tertiary alicyclic amines) is 1. The first-order valence-corrected chi connectivity index (χ1v) is 12.2. The van der Waals surface area contributed by atoms with Gasteiger partial charge in [-0.05, 0) is 19.3 Å². The van der Waals surface area contributed by atoms with Crippen molar-refractivity contribution >= 4 is 33.7 Å². The topological polar surface area (TPSA) is 96.4 Å². The highest BCUT2D eigenvalue weighted by atomic mass is 79.9. The molecule has 2 amide bonds. The second kappa shape index (κ2) is 10.5. The molecule has 32 heavy (non-hydrogen) atoms. The molecule has 1 spiro atoms. The third-order valence-electron chi connectivity index (χ3n) is 6.64. The quantitative estimate of drug-likeness (QED) is 0.242. The molecule has 2 bridgehead atoms. The number of esters is 1. The molecule has 0 aromatic carbocycles. The zero-order valence-electron chi connectivity index (χ0n) is 18.6. The molecule has 0 aromatic heterocycles. The molecule has 0 radical (unpaired) electrons. The molecule has 3 heterocycles. The Hall–Kier alpha value is -1.71. The van der Waals surface area contributed by atoms with Crippen molar-refractivity contribution < 1.29 is 29.0 Å². The molecule has 0 aliphatic carbocycles. The van der Waals surface area contributed by atoms with Crippen LogP contribution in [0.5, 0.6) is 0 Å². The van der Waals surface area contributed by atoms with Gasteiger partial charge in [0.05, 0.1) is 17.9 Å². The van der Waals surface area contributed by atoms with Gasteiger partial charge in [0.1, 0.15) is 18.2 Å². The summed E-state index contributed by atoms with van der Waals surface area (Å²) < 4.78 is 11.7. The minimum atomic E-state index is -1.11. The summed E-state index contributed by atoms with van der Waals surface area (Å²) in [6, 6.07) is -0.856. The van der Waals surface area contributed by atoms with Gasteiger partial charge in [-0.15, -0.1) is 6.58 Å². The van der Waals surface area contributed by atoms with E-state index < -0.39 is 35.6 Å². The third kappa shape index (κ3) is 4.15. The van der Waals surface area contributed by atoms with Crippen molar-refractivity contribution in [1.29, 1.82) is 0 Å². The number of unbranched alkanes of at least 4 members (excludes halogenated alkanes) is 1. The molecule has 6 atom stereocenters. The number of ether oxygens (including phenoxy) is 2. The Kier molecular flexibility index (Phi) is 8.16. The van der Waals surface area contributed by atoms with Gasteiger partial charge < -0.3 is 24.4 Å². The number of nitrogens with zero attached hydrogens (tertiary/aromatic N) is 2. The van der Waals surface area contributed by atoms with E-state index in [2.05, 4.69) is 36.0 Å². The largest absolute Gasteiger partial charge is 0.461 e. The first-order chi connectivity index (χ1) is 15.4. The van der Waals surface area contributed by atoms with E-state index in [1.54, 1.807) is 11.0 Å². The first kappa shape index (κ1) is 24.9. The average Bonchev–Trinajstić information content (AvgIpc) is 3.36. The number of hydrogen-bond acceptors (Lipinski definition) is 6. The van der Waals surface area contributed by atoms with Crippen molar-refractivity contribution in [2.45, 2.75) is 55.2 Å². The van der Waals surface area contributed by atoms with Crippen molar-refractivity contribution in [2.75, 3.05) is 32.8 Å². The zero-order chi connectivity index (χ0) is 23.5. The first-order valence-electron chi connectivity index (χ1n) is 11.3. The van der Waals surface area contributed by atoms with Crippen LogP contribution in [0.15, 0.2) is 25.3 Å². The second-order valence-electron chi connectivity index (χ2n) is 8.62. The number of rotatable bonds is 12. The minimum absolute atomic E-state index is 0.0453. The van der Waals surface area contributed by atoms with E-state index in [9.17, 15) is 19.5 Å². The molecule has 3 saturated heterocycles. The van der Waals surface area contributed by atoms with Gasteiger partial charge in [-0.25, -0.2) is 0 Å². The molecular weight excluding hydrogens is 480 g/mol. The highest BCUT2D eigenvalue weighted by Crippen LogP contribution is 2.60. The summed E-state index contributed by atoms with van der Waals surface area (Å²) in [6.45, 7) is 10.5. The smallest absolute Gasteiger partial charge is 0.312 e. The Labute approximate surface area is 197 Å². The lowest BCUT2D eigenvalue weighted by molar-refractivity contribution is -0.154. The van der Waals surface area contributed by atoms with E-state index >= 15 is 0 Å². The summed E-state index contributed by atoms with van der Waals surface area (Å²) in [6.07, 6.45) is 5.14. The lowest BCUT2D eigenvalue weighted by Gasteiger charge is -2.37. The monoisotopic (exact) mass is 512 g/mol. The van der Waals surface area contributed by atoms with Crippen molar-refractivity contribution in [2.24, 2.45) is 11.8 Å². The molecule has 3 aliphatic heterocycles. The van der Waals surface area contributed by atoms with Crippen LogP contribution in [0.25, 0.3) is 0 Å². The van der Waals surface area contributed by atoms with E-state index in [0.717, 1.165) is 12.8 Å². The number of aliphatic hydroxyl groups is 1. The normalized spacial score (nSPS) is 32.7. The fraction of sp³-hybridized carbons (Fsp3) is 0.696. The zero-order valence-corrected chi connectivity index (χ0v) is 20.2. The maximum absolute atomic E-state index is 13.8. The fourth-order valence-corrected chi connectivity index (χ4v) is 6.31. The minimum Gasteiger partial charge on any atom is -0.461 e. The second-order valence-corrected chi connectivity index (χ2v) is 9.79. The van der Waals surface area contributed by atoms with Crippen molar-refractivity contribution in [3.63, 3.8) is 0 Å². The van der Waals surface area contributed by atoms with Gasteiger partial charge >= 0.3 is 5.97 Å². The predicted octanol–water partition coefficient (Wildman–Crippen LogP) is 1.66. The number of carbonyl (C=O) groups excluding carboxylic acids is 3. The van der Waals surface area contributed by atoms with Crippen LogP contribution in [-0.4, -0.2) is 88.1 Å². The standard InChI is InChI=1S/C23H33BrN2O6/c1-4-7-10-25(9-5-2)21(29)19-23-14-15(24)18(32-23)16(22(30)31-13-6-3)17(23)20(28)26(19)11-8-12-27/h5-6,15-19,27H,2-4,7-14H2,1H3/t15?,16-,17+,18-,19?,23?/m1/s1. The number of fused-ring (bicyclic) bond motifs is 1. The van der Waals surface area contributed by atoms with E-state index in [4.69, 9.17) is 9.47 Å². The Bertz CT molecular complexity index is 761. The Balaban J connectivity index is 2.00. The van der Waals surface area contributed by atoms with E-state index in [-0.39, 0.29) is 36.4 Å². The van der Waals surface area contributed by atoms with Crippen LogP contribution in [0, 0.1) is 11.8 Å². The molecule has 0 saturated carbocycles. The number of alkyl halides is 1.